The molecule has 2 aromatic rings. The molecule has 1 aliphatic heterocycles. The van der Waals surface area contributed by atoms with Crippen LogP contribution in [0.5, 0.6) is 0 Å². The Labute approximate surface area is 103 Å². The van der Waals surface area contributed by atoms with Crippen LogP contribution in [0.25, 0.3) is 0 Å². The monoisotopic (exact) mass is 251 g/mol. The number of ether oxygens (including phenoxy) is 1. The van der Waals surface area contributed by atoms with Crippen LogP contribution in [0.4, 0.5) is 0 Å². The van der Waals surface area contributed by atoms with Crippen molar-refractivity contribution in [3.63, 3.8) is 0 Å². The molecule has 0 saturated carbocycles. The Kier molecular flexibility index (Phi) is 2.58. The van der Waals surface area contributed by atoms with E-state index in [1.165, 1.54) is 9.75 Å². The van der Waals surface area contributed by atoms with E-state index in [9.17, 15) is 0 Å². The molecule has 4 heteroatoms. The van der Waals surface area contributed by atoms with Gasteiger partial charge in [-0.15, -0.1) is 22.7 Å². The summed E-state index contributed by atoms with van der Waals surface area (Å²) in [4.78, 5) is 6.96. The SMILES string of the molecule is Cc1ncsc1C1(c2cccs2)CCCO1. The molecule has 84 valence electrons. The van der Waals surface area contributed by atoms with Gasteiger partial charge in [-0.3, -0.25) is 0 Å². The van der Waals surface area contributed by atoms with Gasteiger partial charge < -0.3 is 4.74 Å². The maximum atomic E-state index is 6.09. The van der Waals surface area contributed by atoms with Crippen molar-refractivity contribution in [2.24, 2.45) is 0 Å². The molecular formula is C12H13NOS2. The van der Waals surface area contributed by atoms with Gasteiger partial charge in [-0.25, -0.2) is 4.98 Å². The molecule has 0 spiro atoms. The van der Waals surface area contributed by atoms with Gasteiger partial charge in [0.2, 0.25) is 0 Å². The van der Waals surface area contributed by atoms with Crippen molar-refractivity contribution in [2.75, 3.05) is 6.61 Å². The first kappa shape index (κ1) is 10.4. The van der Waals surface area contributed by atoms with Gasteiger partial charge in [-0.2, -0.15) is 0 Å². The number of rotatable bonds is 2. The van der Waals surface area contributed by atoms with Gasteiger partial charge in [0.25, 0.3) is 0 Å². The molecule has 0 radical (unpaired) electrons. The Morgan fingerprint density at radius 1 is 1.44 bits per heavy atom. The number of hydrogen-bond acceptors (Lipinski definition) is 4. The predicted molar refractivity (Wildman–Crippen MR) is 67.1 cm³/mol. The van der Waals surface area contributed by atoms with Gasteiger partial charge in [0.1, 0.15) is 5.60 Å². The minimum atomic E-state index is -0.195. The zero-order valence-electron chi connectivity index (χ0n) is 9.10. The van der Waals surface area contributed by atoms with Crippen molar-refractivity contribution in [2.45, 2.75) is 25.4 Å². The highest BCUT2D eigenvalue weighted by atomic mass is 32.1. The van der Waals surface area contributed by atoms with Crippen LogP contribution in [0.2, 0.25) is 0 Å². The van der Waals surface area contributed by atoms with Crippen molar-refractivity contribution in [1.82, 2.24) is 4.98 Å². The number of aromatic nitrogens is 1. The fraction of sp³-hybridized carbons (Fsp3) is 0.417. The van der Waals surface area contributed by atoms with E-state index >= 15 is 0 Å². The lowest BCUT2D eigenvalue weighted by Gasteiger charge is -2.26. The average molecular weight is 251 g/mol. The summed E-state index contributed by atoms with van der Waals surface area (Å²) >= 11 is 3.49. The molecule has 1 aliphatic rings. The molecule has 16 heavy (non-hydrogen) atoms. The molecule has 2 aromatic heterocycles. The van der Waals surface area contributed by atoms with E-state index in [0.29, 0.717) is 0 Å². The smallest absolute Gasteiger partial charge is 0.138 e. The molecule has 0 aromatic carbocycles. The van der Waals surface area contributed by atoms with Gasteiger partial charge in [0, 0.05) is 11.5 Å². The van der Waals surface area contributed by atoms with Gasteiger partial charge >= 0.3 is 0 Å². The van der Waals surface area contributed by atoms with Crippen molar-refractivity contribution >= 4 is 22.7 Å². The molecular weight excluding hydrogens is 238 g/mol. The zero-order chi connectivity index (χ0) is 11.0. The first-order chi connectivity index (χ1) is 7.83. The Morgan fingerprint density at radius 2 is 2.38 bits per heavy atom. The third-order valence-corrected chi connectivity index (χ3v) is 5.14. The fourth-order valence-electron chi connectivity index (χ4n) is 2.32. The molecule has 1 fully saturated rings. The Balaban J connectivity index is 2.14. The zero-order valence-corrected chi connectivity index (χ0v) is 10.7. The molecule has 0 bridgehead atoms. The summed E-state index contributed by atoms with van der Waals surface area (Å²) in [7, 11) is 0. The minimum absolute atomic E-state index is 0.195. The molecule has 2 nitrogen and oxygen atoms in total. The maximum absolute atomic E-state index is 6.09. The van der Waals surface area contributed by atoms with Gasteiger partial charge in [-0.1, -0.05) is 6.07 Å². The number of nitrogens with zero attached hydrogens (tertiary/aromatic N) is 1. The number of aryl methyl sites for hydroxylation is 1. The van der Waals surface area contributed by atoms with Gasteiger partial charge in [0.05, 0.1) is 16.1 Å². The van der Waals surface area contributed by atoms with Crippen LogP contribution < -0.4 is 0 Å². The number of hydrogen-bond donors (Lipinski definition) is 0. The van der Waals surface area contributed by atoms with E-state index in [1.54, 1.807) is 22.7 Å². The summed E-state index contributed by atoms with van der Waals surface area (Å²) in [5.74, 6) is 0. The number of thiazole rings is 1. The van der Waals surface area contributed by atoms with Crippen LogP contribution in [0, 0.1) is 6.92 Å². The second kappa shape index (κ2) is 3.95. The predicted octanol–water partition coefficient (Wildman–Crippen LogP) is 3.57. The second-order valence-electron chi connectivity index (χ2n) is 4.02. The molecule has 0 amide bonds. The van der Waals surface area contributed by atoms with E-state index in [1.807, 2.05) is 5.51 Å². The van der Waals surface area contributed by atoms with Crippen LogP contribution in [0.3, 0.4) is 0 Å². The standard InChI is InChI=1S/C12H13NOS2/c1-9-11(16-8-13-9)12(5-3-6-14-12)10-4-2-7-15-10/h2,4,7-8H,3,5-6H2,1H3. The van der Waals surface area contributed by atoms with E-state index in [0.717, 1.165) is 25.1 Å². The Bertz CT molecular complexity index is 469. The lowest BCUT2D eigenvalue weighted by Crippen LogP contribution is -2.24. The number of thiophene rings is 1. The van der Waals surface area contributed by atoms with Crippen molar-refractivity contribution < 1.29 is 4.74 Å². The lowest BCUT2D eigenvalue weighted by molar-refractivity contribution is 0.0413. The second-order valence-corrected chi connectivity index (χ2v) is 5.83. The van der Waals surface area contributed by atoms with Crippen molar-refractivity contribution in [3.8, 4) is 0 Å². The molecule has 3 rings (SSSR count). The summed E-state index contributed by atoms with van der Waals surface area (Å²) in [5, 5.41) is 2.12. The molecule has 0 N–H and O–H groups in total. The fourth-order valence-corrected chi connectivity index (χ4v) is 4.30. The highest BCUT2D eigenvalue weighted by molar-refractivity contribution is 7.11. The normalized spacial score (nSPS) is 25.1. The average Bonchev–Trinajstić information content (AvgIpc) is 2.97. The van der Waals surface area contributed by atoms with Crippen LogP contribution >= 0.6 is 22.7 Å². The van der Waals surface area contributed by atoms with Gasteiger partial charge in [0.15, 0.2) is 0 Å². The molecule has 3 heterocycles. The van der Waals surface area contributed by atoms with Crippen LogP contribution in [-0.2, 0) is 10.3 Å². The summed E-state index contributed by atoms with van der Waals surface area (Å²) in [5.41, 5.74) is 2.83. The summed E-state index contributed by atoms with van der Waals surface area (Å²) < 4.78 is 6.09. The quantitative estimate of drug-likeness (QED) is 0.814. The van der Waals surface area contributed by atoms with Crippen molar-refractivity contribution in [1.29, 1.82) is 0 Å². The van der Waals surface area contributed by atoms with Crippen molar-refractivity contribution in [3.05, 3.63) is 38.5 Å². The third kappa shape index (κ3) is 1.44. The van der Waals surface area contributed by atoms with E-state index in [2.05, 4.69) is 29.4 Å². The van der Waals surface area contributed by atoms with E-state index in [4.69, 9.17) is 4.74 Å². The summed E-state index contributed by atoms with van der Waals surface area (Å²) in [6, 6.07) is 4.27. The largest absolute Gasteiger partial charge is 0.364 e. The van der Waals surface area contributed by atoms with Crippen LogP contribution in [0.15, 0.2) is 23.0 Å². The highest BCUT2D eigenvalue weighted by Gasteiger charge is 2.42. The first-order valence-corrected chi connectivity index (χ1v) is 7.17. The first-order valence-electron chi connectivity index (χ1n) is 5.41. The third-order valence-electron chi connectivity index (χ3n) is 3.05. The molecule has 1 atom stereocenters. The molecule has 0 aliphatic carbocycles. The Hall–Kier alpha value is -0.710. The Morgan fingerprint density at radius 3 is 2.94 bits per heavy atom. The summed E-state index contributed by atoms with van der Waals surface area (Å²) in [6.07, 6.45) is 2.21. The maximum Gasteiger partial charge on any atom is 0.138 e. The summed E-state index contributed by atoms with van der Waals surface area (Å²) in [6.45, 7) is 2.93. The molecule has 1 unspecified atom stereocenters. The van der Waals surface area contributed by atoms with E-state index in [-0.39, 0.29) is 5.60 Å². The molecule has 1 saturated heterocycles. The topological polar surface area (TPSA) is 22.1 Å². The van der Waals surface area contributed by atoms with Crippen LogP contribution in [-0.4, -0.2) is 11.6 Å². The minimum Gasteiger partial charge on any atom is -0.364 e. The van der Waals surface area contributed by atoms with Gasteiger partial charge in [-0.05, 0) is 31.2 Å². The van der Waals surface area contributed by atoms with E-state index < -0.39 is 0 Å². The van der Waals surface area contributed by atoms with Crippen LogP contribution in [0.1, 0.15) is 28.3 Å². The lowest BCUT2D eigenvalue weighted by atomic mass is 9.95. The highest BCUT2D eigenvalue weighted by Crippen LogP contribution is 2.46.